The maximum absolute atomic E-state index is 13.8. The van der Waals surface area contributed by atoms with Gasteiger partial charge in [0.05, 0.1) is 24.8 Å². The van der Waals surface area contributed by atoms with E-state index in [9.17, 15) is 50.3 Å². The van der Waals surface area contributed by atoms with Gasteiger partial charge in [0.2, 0.25) is 5.91 Å². The zero-order chi connectivity index (χ0) is 61.9. The van der Waals surface area contributed by atoms with Crippen molar-refractivity contribution in [3.8, 4) is 40.9 Å². The second-order valence-corrected chi connectivity index (χ2v) is 21.5. The molecule has 2 saturated carbocycles. The summed E-state index contributed by atoms with van der Waals surface area (Å²) >= 11 is 0. The number of primary amides is 1. The molecule has 2 aliphatic heterocycles. The van der Waals surface area contributed by atoms with Crippen LogP contribution in [0.15, 0.2) is 72.8 Å². The van der Waals surface area contributed by atoms with Gasteiger partial charge in [0, 0.05) is 54.0 Å². The molecule has 0 spiro atoms. The fourth-order valence-electron chi connectivity index (χ4n) is 11.1. The highest BCUT2D eigenvalue weighted by Crippen LogP contribution is 2.44. The van der Waals surface area contributed by atoms with E-state index in [4.69, 9.17) is 20.5 Å². The SMILES string of the molecule is C.CCOc1n[nH]c(-c2cc(C(=O)N3CCC(c4ccc(C#N)cc4)CC3)c(CC)cc2C2CCC2)n1.CCOc1n[nH]c(-c2cc(C(=O)N3CCC(c4ccc(C(N)=O)cc4)CC3)c(CC)cc2C2CCC2)n1.O=C(OC(=O)C(F)(F)F)C(F)(F)F. The van der Waals surface area contributed by atoms with Crippen molar-refractivity contribution in [2.24, 2.45) is 5.73 Å². The number of aromatic nitrogens is 6. The number of aromatic amines is 2. The maximum atomic E-state index is 13.8. The lowest BCUT2D eigenvalue weighted by Crippen LogP contribution is -2.38. The van der Waals surface area contributed by atoms with Gasteiger partial charge >= 0.3 is 36.3 Å². The van der Waals surface area contributed by atoms with E-state index in [-0.39, 0.29) is 19.2 Å². The molecule has 24 heteroatoms. The predicted molar refractivity (Wildman–Crippen MR) is 310 cm³/mol. The van der Waals surface area contributed by atoms with Crippen molar-refractivity contribution in [2.45, 2.75) is 148 Å². The minimum Gasteiger partial charge on any atom is -0.463 e. The minimum atomic E-state index is -5.62. The van der Waals surface area contributed by atoms with Crippen LogP contribution in [0.4, 0.5) is 26.3 Å². The zero-order valence-corrected chi connectivity index (χ0v) is 48.2. The van der Waals surface area contributed by atoms with Crippen LogP contribution in [-0.4, -0.2) is 122 Å². The third kappa shape index (κ3) is 16.1. The second kappa shape index (κ2) is 29.2. The molecule has 6 aromatic rings. The van der Waals surface area contributed by atoms with E-state index >= 15 is 0 Å². The monoisotopic (exact) mass is 1210 g/mol. The summed E-state index contributed by atoms with van der Waals surface area (Å²) in [5.74, 6) is -3.57. The van der Waals surface area contributed by atoms with Crippen molar-refractivity contribution >= 4 is 29.7 Å². The molecule has 0 radical (unpaired) electrons. The maximum Gasteiger partial charge on any atom is 0.491 e. The molecule has 3 amide bonds. The number of esters is 2. The van der Waals surface area contributed by atoms with Gasteiger partial charge in [0.1, 0.15) is 0 Å². The summed E-state index contributed by atoms with van der Waals surface area (Å²) in [7, 11) is 0. The van der Waals surface area contributed by atoms with Crippen LogP contribution in [-0.2, 0) is 27.2 Å². The molecule has 0 bridgehead atoms. The van der Waals surface area contributed by atoms with Crippen molar-refractivity contribution in [3.63, 3.8) is 0 Å². The molecule has 2 saturated heterocycles. The summed E-state index contributed by atoms with van der Waals surface area (Å²) in [6.07, 6.45) is 1.08. The number of likely N-dealkylation sites (tertiary alicyclic amines) is 2. The van der Waals surface area contributed by atoms with Crippen LogP contribution in [0, 0.1) is 11.3 Å². The van der Waals surface area contributed by atoms with Gasteiger partial charge in [-0.25, -0.2) is 9.59 Å². The first-order valence-corrected chi connectivity index (χ1v) is 29.0. The summed E-state index contributed by atoms with van der Waals surface area (Å²) in [5, 5.41) is 23.5. The van der Waals surface area contributed by atoms with Gasteiger partial charge in [-0.1, -0.05) is 70.5 Å². The molecular formula is C63H72F6N10O8. The topological polar surface area (TPSA) is 252 Å². The minimum absolute atomic E-state index is 0. The van der Waals surface area contributed by atoms with Gasteiger partial charge in [-0.2, -0.15) is 41.6 Å². The van der Waals surface area contributed by atoms with E-state index in [2.05, 4.69) is 79.3 Å². The number of alkyl halides is 6. The Hall–Kier alpha value is -8.62. The highest BCUT2D eigenvalue weighted by atomic mass is 19.4. The highest BCUT2D eigenvalue weighted by Gasteiger charge is 2.49. The average Bonchev–Trinajstić information content (AvgIpc) is 1.89. The number of amides is 3. The highest BCUT2D eigenvalue weighted by molar-refractivity contribution is 5.98. The number of benzene rings is 4. The first-order chi connectivity index (χ1) is 41.1. The predicted octanol–water partition coefficient (Wildman–Crippen LogP) is 12.2. The third-order valence-corrected chi connectivity index (χ3v) is 16.2. The van der Waals surface area contributed by atoms with Crippen molar-refractivity contribution < 1.29 is 64.5 Å². The van der Waals surface area contributed by atoms with E-state index in [0.717, 1.165) is 97.8 Å². The number of nitriles is 1. The molecular weight excluding hydrogens is 1140 g/mol. The molecule has 18 nitrogen and oxygen atoms in total. The lowest BCUT2D eigenvalue weighted by Gasteiger charge is -2.33. The Morgan fingerprint density at radius 3 is 1.28 bits per heavy atom. The van der Waals surface area contributed by atoms with Crippen LogP contribution >= 0.6 is 0 Å². The molecule has 464 valence electrons. The number of H-pyrrole nitrogens is 2. The standard InChI is InChI=1S/C29H35N5O3.C29H33N5O2.C4F6O3.CH4/c1-3-18-16-23(21-6-5-7-21)25(27-31-29(33-32-27)37-4-2)17-24(18)28(36)34-14-12-20(13-15-34)19-8-10-22(11-9-19)26(30)35;1-3-20-16-24(23-6-5-7-23)26(27-31-29(33-32-27)36-4-2)17-25(20)28(35)34-14-12-22(13-15-34)21-10-8-19(18-30)9-11-21;5-3(6,7)1(11)13-2(12)4(8,9)10;/h8-11,16-17,20-21H,3-7,12-15H2,1-2H3,(H2,30,35)(H,31,32,33);8-11,16-17,22-23H,3-7,12-15H2,1-2H3,(H,31,32,33);;1H4. The molecule has 4 fully saturated rings. The zero-order valence-electron chi connectivity index (χ0n) is 48.2. The lowest BCUT2D eigenvalue weighted by atomic mass is 9.76. The van der Waals surface area contributed by atoms with Gasteiger partial charge in [0.25, 0.3) is 11.8 Å². The number of aryl methyl sites for hydroxylation is 2. The summed E-state index contributed by atoms with van der Waals surface area (Å²) in [6.45, 7) is 11.9. The van der Waals surface area contributed by atoms with Gasteiger partial charge < -0.3 is 29.7 Å². The van der Waals surface area contributed by atoms with Gasteiger partial charge in [0.15, 0.2) is 11.6 Å². The molecule has 0 atom stereocenters. The van der Waals surface area contributed by atoms with Crippen LogP contribution < -0.4 is 15.2 Å². The van der Waals surface area contributed by atoms with Crippen molar-refractivity contribution in [1.82, 2.24) is 40.2 Å². The number of ether oxygens (including phenoxy) is 3. The molecule has 4 aliphatic rings. The fraction of sp³-hybridized carbons (Fsp3) is 0.460. The number of nitrogens with two attached hydrogens (primary N) is 1. The van der Waals surface area contributed by atoms with E-state index < -0.39 is 30.2 Å². The van der Waals surface area contributed by atoms with Crippen LogP contribution in [0.2, 0.25) is 0 Å². The number of nitrogens with zero attached hydrogens (tertiary/aromatic N) is 7. The quantitative estimate of drug-likeness (QED) is 0.0492. The molecule has 2 aromatic heterocycles. The Morgan fingerprint density at radius 2 is 0.966 bits per heavy atom. The number of hydrogen-bond donors (Lipinski definition) is 3. The number of carbonyl (C=O) groups excluding carboxylic acids is 5. The van der Waals surface area contributed by atoms with Crippen molar-refractivity contribution in [3.05, 3.63) is 128 Å². The second-order valence-electron chi connectivity index (χ2n) is 21.5. The summed E-state index contributed by atoms with van der Waals surface area (Å²) in [6, 6.07) is 26.8. The number of halogens is 6. The fourth-order valence-corrected chi connectivity index (χ4v) is 11.1. The van der Waals surface area contributed by atoms with E-state index in [1.165, 1.54) is 47.9 Å². The van der Waals surface area contributed by atoms with E-state index in [1.807, 2.05) is 60.0 Å². The van der Waals surface area contributed by atoms with Gasteiger partial charge in [-0.15, -0.1) is 10.2 Å². The Balaban J connectivity index is 0.000000205. The van der Waals surface area contributed by atoms with Gasteiger partial charge in [-0.05, 0) is 172 Å². The molecule has 87 heavy (non-hydrogen) atoms. The molecule has 4 heterocycles. The van der Waals surface area contributed by atoms with E-state index in [1.54, 1.807) is 12.1 Å². The molecule has 10 rings (SSSR count). The van der Waals surface area contributed by atoms with Crippen molar-refractivity contribution in [1.29, 1.82) is 5.26 Å². The Kier molecular flexibility index (Phi) is 22.1. The van der Waals surface area contributed by atoms with Gasteiger partial charge in [-0.3, -0.25) is 24.6 Å². The number of piperidine rings is 2. The molecule has 4 aromatic carbocycles. The smallest absolute Gasteiger partial charge is 0.463 e. The largest absolute Gasteiger partial charge is 0.491 e. The average molecular weight is 1210 g/mol. The third-order valence-electron chi connectivity index (χ3n) is 16.2. The number of carbonyl (C=O) groups is 5. The van der Waals surface area contributed by atoms with E-state index in [0.29, 0.717) is 84.8 Å². The van der Waals surface area contributed by atoms with Crippen LogP contribution in [0.3, 0.4) is 0 Å². The number of rotatable bonds is 15. The first kappa shape index (κ1) is 65.9. The summed E-state index contributed by atoms with van der Waals surface area (Å²) in [5.41, 5.74) is 17.1. The van der Waals surface area contributed by atoms with Crippen molar-refractivity contribution in [2.75, 3.05) is 39.4 Å². The summed E-state index contributed by atoms with van der Waals surface area (Å²) in [4.78, 5) is 71.4. The number of hydrogen-bond acceptors (Lipinski definition) is 13. The Morgan fingerprint density at radius 1 is 0.586 bits per heavy atom. The lowest BCUT2D eigenvalue weighted by molar-refractivity contribution is -0.221. The molecule has 4 N–H and O–H groups in total. The van der Waals surface area contributed by atoms with Crippen LogP contribution in [0.1, 0.15) is 193 Å². The van der Waals surface area contributed by atoms with Crippen LogP contribution in [0.5, 0.6) is 12.0 Å². The first-order valence-electron chi connectivity index (χ1n) is 29.0. The molecule has 0 unspecified atom stereocenters. The summed E-state index contributed by atoms with van der Waals surface area (Å²) < 4.78 is 80.6. The Labute approximate surface area is 500 Å². The Bertz CT molecular complexity index is 3380. The normalized spacial score (nSPS) is 15.6. The van der Waals surface area contributed by atoms with Crippen LogP contribution in [0.25, 0.3) is 22.8 Å². The molecule has 2 aliphatic carbocycles. The number of nitrogens with one attached hydrogen (secondary N) is 2.